The SMILES string of the molecule is COC(=O)CNC(=O)C(C)NC(=O)CN1CCOCC1.Cc1ccc(C)c(OCc2ccccc2)c1. The highest BCUT2D eigenvalue weighted by Crippen LogP contribution is 2.20. The minimum Gasteiger partial charge on any atom is -0.489 e. The minimum absolute atomic E-state index is 0.209. The van der Waals surface area contributed by atoms with Gasteiger partial charge in [-0.05, 0) is 43.5 Å². The van der Waals surface area contributed by atoms with Crippen LogP contribution in [0.25, 0.3) is 0 Å². The van der Waals surface area contributed by atoms with Gasteiger partial charge in [0.15, 0.2) is 0 Å². The molecule has 9 nitrogen and oxygen atoms in total. The number of aryl methyl sites for hydroxylation is 2. The molecular weight excluding hydrogens is 462 g/mol. The highest BCUT2D eigenvalue weighted by molar-refractivity contribution is 5.89. The molecule has 0 bridgehead atoms. The largest absolute Gasteiger partial charge is 0.489 e. The van der Waals surface area contributed by atoms with E-state index in [2.05, 4.69) is 59.5 Å². The number of hydrogen-bond acceptors (Lipinski definition) is 7. The molecule has 0 saturated carbocycles. The second kappa shape index (κ2) is 15.5. The predicted octanol–water partition coefficient (Wildman–Crippen LogP) is 1.99. The Bertz CT molecular complexity index is 977. The first kappa shape index (κ1) is 28.8. The summed E-state index contributed by atoms with van der Waals surface area (Å²) in [7, 11) is 1.24. The predicted molar refractivity (Wildman–Crippen MR) is 137 cm³/mol. The van der Waals surface area contributed by atoms with Gasteiger partial charge in [0, 0.05) is 13.1 Å². The molecule has 0 aromatic heterocycles. The van der Waals surface area contributed by atoms with E-state index in [1.807, 2.05) is 23.1 Å². The first-order chi connectivity index (χ1) is 17.3. The van der Waals surface area contributed by atoms with Crippen molar-refractivity contribution >= 4 is 17.8 Å². The van der Waals surface area contributed by atoms with Gasteiger partial charge >= 0.3 is 5.97 Å². The maximum absolute atomic E-state index is 11.8. The van der Waals surface area contributed by atoms with Crippen LogP contribution >= 0.6 is 0 Å². The fourth-order valence-corrected chi connectivity index (χ4v) is 3.30. The second-order valence-electron chi connectivity index (χ2n) is 8.51. The molecule has 1 unspecified atom stereocenters. The molecule has 9 heteroatoms. The first-order valence-electron chi connectivity index (χ1n) is 12.0. The molecule has 0 radical (unpaired) electrons. The molecule has 0 aliphatic carbocycles. The van der Waals surface area contributed by atoms with Crippen LogP contribution in [0.3, 0.4) is 0 Å². The zero-order valence-electron chi connectivity index (χ0n) is 21.5. The van der Waals surface area contributed by atoms with Gasteiger partial charge in [0.25, 0.3) is 0 Å². The smallest absolute Gasteiger partial charge is 0.325 e. The molecule has 2 aromatic carbocycles. The van der Waals surface area contributed by atoms with Crippen LogP contribution < -0.4 is 15.4 Å². The third kappa shape index (κ3) is 10.9. The summed E-state index contributed by atoms with van der Waals surface area (Å²) in [5.74, 6) is -0.215. The Labute approximate surface area is 213 Å². The molecular formula is C27H37N3O6. The van der Waals surface area contributed by atoms with Gasteiger partial charge in [0.2, 0.25) is 11.8 Å². The average molecular weight is 500 g/mol. The Kier molecular flexibility index (Phi) is 12.4. The minimum atomic E-state index is -0.701. The molecule has 1 heterocycles. The lowest BCUT2D eigenvalue weighted by molar-refractivity contribution is -0.141. The van der Waals surface area contributed by atoms with Gasteiger partial charge < -0.3 is 24.8 Å². The summed E-state index contributed by atoms with van der Waals surface area (Å²) < 4.78 is 15.4. The van der Waals surface area contributed by atoms with Crippen LogP contribution in [0, 0.1) is 13.8 Å². The number of rotatable bonds is 9. The number of carbonyl (C=O) groups is 3. The van der Waals surface area contributed by atoms with Gasteiger partial charge in [-0.3, -0.25) is 19.3 Å². The zero-order chi connectivity index (χ0) is 26.3. The molecule has 1 atom stereocenters. The maximum atomic E-state index is 11.8. The molecule has 36 heavy (non-hydrogen) atoms. The van der Waals surface area contributed by atoms with Gasteiger partial charge in [-0.1, -0.05) is 42.5 Å². The monoisotopic (exact) mass is 499 g/mol. The van der Waals surface area contributed by atoms with Gasteiger partial charge in [-0.15, -0.1) is 0 Å². The Morgan fingerprint density at radius 3 is 2.42 bits per heavy atom. The van der Waals surface area contributed by atoms with Gasteiger partial charge in [0.05, 0.1) is 26.9 Å². The van der Waals surface area contributed by atoms with Crippen LogP contribution in [0.4, 0.5) is 0 Å². The fraction of sp³-hybridized carbons (Fsp3) is 0.444. The molecule has 2 aromatic rings. The third-order valence-corrected chi connectivity index (χ3v) is 5.46. The number of nitrogens with one attached hydrogen (secondary N) is 2. The summed E-state index contributed by atoms with van der Waals surface area (Å²) >= 11 is 0. The van der Waals surface area contributed by atoms with E-state index in [4.69, 9.17) is 9.47 Å². The Morgan fingerprint density at radius 1 is 1.06 bits per heavy atom. The number of amides is 2. The first-order valence-corrected chi connectivity index (χ1v) is 12.0. The van der Waals surface area contributed by atoms with E-state index in [1.54, 1.807) is 6.92 Å². The normalized spacial score (nSPS) is 14.0. The van der Waals surface area contributed by atoms with Crippen LogP contribution in [0.2, 0.25) is 0 Å². The van der Waals surface area contributed by atoms with Crippen LogP contribution in [-0.4, -0.2) is 75.2 Å². The summed E-state index contributed by atoms with van der Waals surface area (Å²) in [6.07, 6.45) is 0. The molecule has 1 aliphatic rings. The van der Waals surface area contributed by atoms with Crippen molar-refractivity contribution in [1.82, 2.24) is 15.5 Å². The summed E-state index contributed by atoms with van der Waals surface area (Å²) in [4.78, 5) is 36.2. The lowest BCUT2D eigenvalue weighted by Gasteiger charge is -2.26. The van der Waals surface area contributed by atoms with Crippen LogP contribution in [-0.2, 0) is 30.5 Å². The Morgan fingerprint density at radius 2 is 1.75 bits per heavy atom. The molecule has 2 N–H and O–H groups in total. The summed E-state index contributed by atoms with van der Waals surface area (Å²) in [6.45, 7) is 9.00. The van der Waals surface area contributed by atoms with Crippen LogP contribution in [0.1, 0.15) is 23.6 Å². The highest BCUT2D eigenvalue weighted by atomic mass is 16.5. The quantitative estimate of drug-likeness (QED) is 0.509. The number of hydrogen-bond donors (Lipinski definition) is 2. The zero-order valence-corrected chi connectivity index (χ0v) is 21.5. The van der Waals surface area contributed by atoms with E-state index < -0.39 is 17.9 Å². The standard InChI is InChI=1S/C15H16O.C12H21N3O5/c1-12-8-9-13(2)15(10-12)16-11-14-6-4-3-5-7-14;1-9(12(18)13-7-11(17)19-2)14-10(16)8-15-3-5-20-6-4-15/h3-10H,11H2,1-2H3;9H,3-8H2,1-2H3,(H,13,18)(H,14,16). The number of morpholine rings is 1. The maximum Gasteiger partial charge on any atom is 0.325 e. The topological polar surface area (TPSA) is 106 Å². The van der Waals surface area contributed by atoms with E-state index in [1.165, 1.54) is 23.8 Å². The number of carbonyl (C=O) groups excluding carboxylic acids is 3. The molecule has 2 amide bonds. The van der Waals surface area contributed by atoms with Crippen LogP contribution in [0.15, 0.2) is 48.5 Å². The average Bonchev–Trinajstić information content (AvgIpc) is 2.89. The molecule has 1 aliphatic heterocycles. The van der Waals surface area contributed by atoms with E-state index >= 15 is 0 Å². The van der Waals surface area contributed by atoms with E-state index in [-0.39, 0.29) is 19.0 Å². The van der Waals surface area contributed by atoms with Gasteiger partial charge in [-0.25, -0.2) is 0 Å². The molecule has 1 saturated heterocycles. The van der Waals surface area contributed by atoms with Crippen molar-refractivity contribution in [2.75, 3.05) is 46.5 Å². The Hall–Kier alpha value is -3.43. The van der Waals surface area contributed by atoms with Crippen molar-refractivity contribution in [2.45, 2.75) is 33.4 Å². The summed E-state index contributed by atoms with van der Waals surface area (Å²) in [5.41, 5.74) is 3.61. The lowest BCUT2D eigenvalue weighted by atomic mass is 10.1. The third-order valence-electron chi connectivity index (χ3n) is 5.46. The van der Waals surface area contributed by atoms with Crippen molar-refractivity contribution in [3.05, 3.63) is 65.2 Å². The van der Waals surface area contributed by atoms with E-state index in [0.29, 0.717) is 32.9 Å². The van der Waals surface area contributed by atoms with Crippen molar-refractivity contribution < 1.29 is 28.6 Å². The fourth-order valence-electron chi connectivity index (χ4n) is 3.30. The number of benzene rings is 2. The molecule has 196 valence electrons. The van der Waals surface area contributed by atoms with Crippen molar-refractivity contribution in [3.63, 3.8) is 0 Å². The number of methoxy groups -OCH3 is 1. The second-order valence-corrected chi connectivity index (χ2v) is 8.51. The molecule has 0 spiro atoms. The summed E-state index contributed by atoms with van der Waals surface area (Å²) in [6, 6.07) is 15.8. The number of nitrogens with zero attached hydrogens (tertiary/aromatic N) is 1. The molecule has 1 fully saturated rings. The summed E-state index contributed by atoms with van der Waals surface area (Å²) in [5, 5.41) is 4.96. The van der Waals surface area contributed by atoms with Crippen molar-refractivity contribution in [1.29, 1.82) is 0 Å². The number of esters is 1. The van der Waals surface area contributed by atoms with Gasteiger partial charge in [-0.2, -0.15) is 0 Å². The van der Waals surface area contributed by atoms with Gasteiger partial charge in [0.1, 0.15) is 24.9 Å². The number of ether oxygens (including phenoxy) is 3. The van der Waals surface area contributed by atoms with E-state index in [0.717, 1.165) is 5.75 Å². The van der Waals surface area contributed by atoms with Crippen molar-refractivity contribution in [2.24, 2.45) is 0 Å². The molecule has 3 rings (SSSR count). The lowest BCUT2D eigenvalue weighted by Crippen LogP contribution is -2.50. The van der Waals surface area contributed by atoms with Crippen molar-refractivity contribution in [3.8, 4) is 5.75 Å². The highest BCUT2D eigenvalue weighted by Gasteiger charge is 2.19. The Balaban J connectivity index is 0.000000259. The van der Waals surface area contributed by atoms with Crippen LogP contribution in [0.5, 0.6) is 5.75 Å². The van der Waals surface area contributed by atoms with E-state index in [9.17, 15) is 14.4 Å².